The zero-order chi connectivity index (χ0) is 16.5. The van der Waals surface area contributed by atoms with Gasteiger partial charge in [0.2, 0.25) is 5.65 Å². The van der Waals surface area contributed by atoms with Gasteiger partial charge in [0.1, 0.15) is 0 Å². The maximum Gasteiger partial charge on any atom is 0.409 e. The first-order valence-corrected chi connectivity index (χ1v) is 7.91. The van der Waals surface area contributed by atoms with Gasteiger partial charge in [0.25, 0.3) is 0 Å². The quantitative estimate of drug-likeness (QED) is 0.774. The molecule has 1 aromatic carbocycles. The largest absolute Gasteiger partial charge is 0.450 e. The highest BCUT2D eigenvalue weighted by atomic mass is 16.6. The number of tetrazole rings is 1. The van der Waals surface area contributed by atoms with Gasteiger partial charge in [0, 0.05) is 19.1 Å². The van der Waals surface area contributed by atoms with Crippen LogP contribution in [0.4, 0.5) is 10.6 Å². The summed E-state index contributed by atoms with van der Waals surface area (Å²) in [5.41, 5.74) is 2.23. The van der Waals surface area contributed by atoms with Gasteiger partial charge in [0.05, 0.1) is 17.6 Å². The highest BCUT2D eigenvalue weighted by molar-refractivity contribution is 5.82. The summed E-state index contributed by atoms with van der Waals surface area (Å²) >= 11 is 0. The first kappa shape index (κ1) is 14.6. The van der Waals surface area contributed by atoms with Crippen LogP contribution in [0.1, 0.15) is 13.3 Å². The highest BCUT2D eigenvalue weighted by Gasteiger charge is 2.28. The third-order valence-corrected chi connectivity index (χ3v) is 4.08. The van der Waals surface area contributed by atoms with Crippen LogP contribution in [0.15, 0.2) is 24.3 Å². The van der Waals surface area contributed by atoms with E-state index in [-0.39, 0.29) is 12.1 Å². The molecule has 0 spiro atoms. The number of aromatic nitrogens is 5. The second-order valence-electron chi connectivity index (χ2n) is 5.64. The molecule has 3 aromatic rings. The summed E-state index contributed by atoms with van der Waals surface area (Å²) in [5, 5.41) is 15.2. The first-order chi connectivity index (χ1) is 11.8. The maximum atomic E-state index is 11.8. The van der Waals surface area contributed by atoms with Crippen molar-refractivity contribution in [3.8, 4) is 0 Å². The number of anilines is 1. The van der Waals surface area contributed by atoms with Crippen molar-refractivity contribution in [3.05, 3.63) is 24.3 Å². The fourth-order valence-electron chi connectivity index (χ4n) is 2.95. The minimum Gasteiger partial charge on any atom is -0.450 e. The Hall–Kier alpha value is -2.97. The Balaban J connectivity index is 1.60. The van der Waals surface area contributed by atoms with Crippen molar-refractivity contribution >= 4 is 28.6 Å². The normalized spacial score (nSPS) is 17.5. The van der Waals surface area contributed by atoms with E-state index in [4.69, 9.17) is 4.74 Å². The summed E-state index contributed by atoms with van der Waals surface area (Å²) < 4.78 is 6.72. The Bertz CT molecular complexity index is 894. The van der Waals surface area contributed by atoms with E-state index in [0.29, 0.717) is 31.2 Å². The standard InChI is InChI=1S/C15H17N7O2/c1-2-24-15(23)21-8-7-10(9-21)16-13-14-18-19-20-22(14)12-6-4-3-5-11(12)17-13/h3-6,10H,2,7-9H2,1H3,(H,16,17). The van der Waals surface area contributed by atoms with E-state index in [2.05, 4.69) is 25.8 Å². The predicted octanol–water partition coefficient (Wildman–Crippen LogP) is 1.32. The van der Waals surface area contributed by atoms with Crippen molar-refractivity contribution in [1.29, 1.82) is 0 Å². The number of likely N-dealkylation sites (tertiary alicyclic amines) is 1. The number of hydrogen-bond donors (Lipinski definition) is 1. The molecule has 4 rings (SSSR count). The van der Waals surface area contributed by atoms with Crippen molar-refractivity contribution in [2.24, 2.45) is 0 Å². The summed E-state index contributed by atoms with van der Waals surface area (Å²) in [5.74, 6) is 0.620. The predicted molar refractivity (Wildman–Crippen MR) is 86.7 cm³/mol. The Morgan fingerprint density at radius 1 is 1.42 bits per heavy atom. The molecule has 0 radical (unpaired) electrons. The molecule has 0 saturated carbocycles. The van der Waals surface area contributed by atoms with Crippen LogP contribution in [0.2, 0.25) is 0 Å². The lowest BCUT2D eigenvalue weighted by atomic mass is 10.2. The summed E-state index contributed by atoms with van der Waals surface area (Å²) in [7, 11) is 0. The average molecular weight is 327 g/mol. The third kappa shape index (κ3) is 2.47. The third-order valence-electron chi connectivity index (χ3n) is 4.08. The van der Waals surface area contributed by atoms with E-state index < -0.39 is 0 Å². The van der Waals surface area contributed by atoms with Crippen molar-refractivity contribution < 1.29 is 9.53 Å². The van der Waals surface area contributed by atoms with E-state index in [0.717, 1.165) is 17.5 Å². The molecule has 1 aliphatic rings. The van der Waals surface area contributed by atoms with Gasteiger partial charge in [-0.15, -0.1) is 5.10 Å². The smallest absolute Gasteiger partial charge is 0.409 e. The van der Waals surface area contributed by atoms with Gasteiger partial charge in [-0.1, -0.05) is 12.1 Å². The van der Waals surface area contributed by atoms with Gasteiger partial charge in [-0.3, -0.25) is 0 Å². The van der Waals surface area contributed by atoms with Crippen LogP contribution in [-0.2, 0) is 4.74 Å². The van der Waals surface area contributed by atoms with E-state index in [1.54, 1.807) is 16.3 Å². The van der Waals surface area contributed by atoms with Gasteiger partial charge < -0.3 is 15.0 Å². The van der Waals surface area contributed by atoms with Crippen LogP contribution in [0.3, 0.4) is 0 Å². The van der Waals surface area contributed by atoms with Gasteiger partial charge in [0.15, 0.2) is 5.82 Å². The monoisotopic (exact) mass is 327 g/mol. The molecule has 1 atom stereocenters. The number of nitrogens with zero attached hydrogens (tertiary/aromatic N) is 6. The number of carbonyl (C=O) groups excluding carboxylic acids is 1. The Kier molecular flexibility index (Phi) is 3.60. The molecule has 2 aromatic heterocycles. The Morgan fingerprint density at radius 3 is 3.17 bits per heavy atom. The van der Waals surface area contributed by atoms with Gasteiger partial charge in [-0.05, 0) is 35.9 Å². The molecule has 124 valence electrons. The first-order valence-electron chi connectivity index (χ1n) is 7.91. The number of hydrogen-bond acceptors (Lipinski definition) is 7. The average Bonchev–Trinajstić information content (AvgIpc) is 3.25. The van der Waals surface area contributed by atoms with E-state index in [1.165, 1.54) is 0 Å². The van der Waals surface area contributed by atoms with Crippen molar-refractivity contribution in [1.82, 2.24) is 29.9 Å². The summed E-state index contributed by atoms with van der Waals surface area (Å²) in [6, 6.07) is 7.78. The van der Waals surface area contributed by atoms with Crippen molar-refractivity contribution in [2.45, 2.75) is 19.4 Å². The molecule has 1 saturated heterocycles. The molecule has 0 aliphatic carbocycles. The molecule has 3 heterocycles. The fraction of sp³-hybridized carbons (Fsp3) is 0.400. The van der Waals surface area contributed by atoms with Crippen LogP contribution < -0.4 is 5.32 Å². The number of benzene rings is 1. The summed E-state index contributed by atoms with van der Waals surface area (Å²) in [6.45, 7) is 3.41. The molecule has 1 aliphatic heterocycles. The van der Waals surface area contributed by atoms with Gasteiger partial charge in [-0.2, -0.15) is 4.52 Å². The van der Waals surface area contributed by atoms with Crippen LogP contribution in [0.5, 0.6) is 0 Å². The molecule has 1 N–H and O–H groups in total. The van der Waals surface area contributed by atoms with Crippen LogP contribution in [-0.4, -0.2) is 61.8 Å². The molecule has 9 nitrogen and oxygen atoms in total. The van der Waals surface area contributed by atoms with Crippen molar-refractivity contribution in [2.75, 3.05) is 25.0 Å². The lowest BCUT2D eigenvalue weighted by molar-refractivity contribution is 0.115. The SMILES string of the molecule is CCOC(=O)N1CCC(Nc2nc3ccccc3n3nnnc23)C1. The molecule has 9 heteroatoms. The van der Waals surface area contributed by atoms with Crippen molar-refractivity contribution in [3.63, 3.8) is 0 Å². The molecular weight excluding hydrogens is 310 g/mol. The van der Waals surface area contributed by atoms with E-state index in [9.17, 15) is 4.79 Å². The Labute approximate surface area is 137 Å². The minimum absolute atomic E-state index is 0.0866. The van der Waals surface area contributed by atoms with Crippen LogP contribution in [0.25, 0.3) is 16.7 Å². The summed E-state index contributed by atoms with van der Waals surface area (Å²) in [6.07, 6.45) is 0.545. The zero-order valence-corrected chi connectivity index (χ0v) is 13.2. The van der Waals surface area contributed by atoms with Crippen LogP contribution >= 0.6 is 0 Å². The molecule has 0 bridgehead atoms. The number of amides is 1. The zero-order valence-electron chi connectivity index (χ0n) is 13.2. The topological polar surface area (TPSA) is 97.5 Å². The summed E-state index contributed by atoms with van der Waals surface area (Å²) in [4.78, 5) is 18.1. The lowest BCUT2D eigenvalue weighted by Gasteiger charge is -2.17. The number of para-hydroxylation sites is 2. The minimum atomic E-state index is -0.275. The number of carbonyl (C=O) groups is 1. The molecule has 1 amide bonds. The maximum absolute atomic E-state index is 11.8. The number of ether oxygens (including phenoxy) is 1. The second-order valence-corrected chi connectivity index (χ2v) is 5.64. The molecular formula is C15H17N7O2. The van der Waals surface area contributed by atoms with E-state index >= 15 is 0 Å². The fourth-order valence-corrected chi connectivity index (χ4v) is 2.95. The molecule has 24 heavy (non-hydrogen) atoms. The number of rotatable bonds is 3. The Morgan fingerprint density at radius 2 is 2.29 bits per heavy atom. The lowest BCUT2D eigenvalue weighted by Crippen LogP contribution is -2.32. The van der Waals surface area contributed by atoms with Gasteiger partial charge >= 0.3 is 6.09 Å². The number of fused-ring (bicyclic) bond motifs is 3. The van der Waals surface area contributed by atoms with Gasteiger partial charge in [-0.25, -0.2) is 9.78 Å². The van der Waals surface area contributed by atoms with E-state index in [1.807, 2.05) is 24.3 Å². The molecule has 1 fully saturated rings. The highest BCUT2D eigenvalue weighted by Crippen LogP contribution is 2.21. The van der Waals surface area contributed by atoms with Crippen LogP contribution in [0, 0.1) is 0 Å². The molecule has 1 unspecified atom stereocenters. The number of nitrogens with one attached hydrogen (secondary N) is 1. The second kappa shape index (κ2) is 5.91.